The third kappa shape index (κ3) is 3.06. The number of rotatable bonds is 6. The van der Waals surface area contributed by atoms with Gasteiger partial charge in [-0.1, -0.05) is 13.8 Å². The van der Waals surface area contributed by atoms with Crippen LogP contribution < -0.4 is 5.32 Å². The molecule has 0 saturated carbocycles. The van der Waals surface area contributed by atoms with E-state index in [4.69, 9.17) is 0 Å². The molecule has 0 spiro atoms. The molecule has 0 unspecified atom stereocenters. The third-order valence-corrected chi connectivity index (χ3v) is 4.41. The lowest BCUT2D eigenvalue weighted by atomic mass is 9.72. The number of hydrogen-bond donors (Lipinski definition) is 1. The van der Waals surface area contributed by atoms with Gasteiger partial charge in [-0.2, -0.15) is 0 Å². The molecule has 106 valence electrons. The molecule has 0 amide bonds. The monoisotopic (exact) mass is 263 g/mol. The molecule has 0 atom stereocenters. The summed E-state index contributed by atoms with van der Waals surface area (Å²) in [5, 5.41) is 3.35. The highest BCUT2D eigenvalue weighted by molar-refractivity contribution is 5.86. The molecule has 0 aromatic carbocycles. The standard InChI is InChI=1S/C15H25N3O/c1-3-10-18-11-9-17-14(18)12-13(19)15(4-2)5-7-16-8-6-15/h9,11,16H,3-8,10,12H2,1-2H3. The Labute approximate surface area is 115 Å². The predicted molar refractivity (Wildman–Crippen MR) is 76.1 cm³/mol. The summed E-state index contributed by atoms with van der Waals surface area (Å²) in [5.74, 6) is 1.30. The molecule has 1 aromatic heterocycles. The average molecular weight is 263 g/mol. The van der Waals surface area contributed by atoms with Crippen LogP contribution in [0.25, 0.3) is 0 Å². The number of ketones is 1. The van der Waals surface area contributed by atoms with Crippen molar-refractivity contribution in [2.75, 3.05) is 13.1 Å². The fourth-order valence-electron chi connectivity index (χ4n) is 3.02. The second-order valence-corrected chi connectivity index (χ2v) is 5.52. The number of piperidine rings is 1. The summed E-state index contributed by atoms with van der Waals surface area (Å²) in [6, 6.07) is 0. The molecule has 4 nitrogen and oxygen atoms in total. The van der Waals surface area contributed by atoms with Crippen LogP contribution in [0.15, 0.2) is 12.4 Å². The van der Waals surface area contributed by atoms with Crippen molar-refractivity contribution < 1.29 is 4.79 Å². The highest BCUT2D eigenvalue weighted by Gasteiger charge is 2.37. The Morgan fingerprint density at radius 2 is 2.16 bits per heavy atom. The van der Waals surface area contributed by atoms with Crippen LogP contribution in [0, 0.1) is 5.41 Å². The highest BCUT2D eigenvalue weighted by Crippen LogP contribution is 2.34. The number of aryl methyl sites for hydroxylation is 1. The number of Topliss-reactive ketones (excluding diaryl/α,β-unsaturated/α-hetero) is 1. The zero-order valence-corrected chi connectivity index (χ0v) is 12.1. The van der Waals surface area contributed by atoms with Gasteiger partial charge in [-0.15, -0.1) is 0 Å². The first kappa shape index (κ1) is 14.3. The number of carbonyl (C=O) groups excluding carboxylic acids is 1. The zero-order valence-electron chi connectivity index (χ0n) is 12.1. The van der Waals surface area contributed by atoms with Crippen molar-refractivity contribution in [2.24, 2.45) is 5.41 Å². The number of aromatic nitrogens is 2. The van der Waals surface area contributed by atoms with Gasteiger partial charge in [0.25, 0.3) is 0 Å². The van der Waals surface area contributed by atoms with Crippen LogP contribution in [-0.4, -0.2) is 28.4 Å². The zero-order chi connectivity index (χ0) is 13.7. The fourth-order valence-corrected chi connectivity index (χ4v) is 3.02. The SMILES string of the molecule is CCCn1ccnc1CC(=O)C1(CC)CCNCC1. The molecule has 1 aliphatic rings. The van der Waals surface area contributed by atoms with Crippen molar-refractivity contribution >= 4 is 5.78 Å². The minimum Gasteiger partial charge on any atom is -0.335 e. The maximum atomic E-state index is 12.7. The van der Waals surface area contributed by atoms with Crippen molar-refractivity contribution in [3.05, 3.63) is 18.2 Å². The van der Waals surface area contributed by atoms with Crippen LogP contribution in [0.4, 0.5) is 0 Å². The van der Waals surface area contributed by atoms with E-state index in [-0.39, 0.29) is 5.41 Å². The molecule has 0 bridgehead atoms. The van der Waals surface area contributed by atoms with E-state index < -0.39 is 0 Å². The van der Waals surface area contributed by atoms with Crippen LogP contribution in [0.2, 0.25) is 0 Å². The maximum Gasteiger partial charge on any atom is 0.146 e. The Morgan fingerprint density at radius 1 is 1.42 bits per heavy atom. The molecule has 2 rings (SSSR count). The quantitative estimate of drug-likeness (QED) is 0.855. The first-order valence-corrected chi connectivity index (χ1v) is 7.46. The Hall–Kier alpha value is -1.16. The van der Waals surface area contributed by atoms with Gasteiger partial charge in [-0.05, 0) is 38.8 Å². The van der Waals surface area contributed by atoms with Gasteiger partial charge >= 0.3 is 0 Å². The van der Waals surface area contributed by atoms with Crippen molar-refractivity contribution in [3.63, 3.8) is 0 Å². The summed E-state index contributed by atoms with van der Waals surface area (Å²) >= 11 is 0. The minimum absolute atomic E-state index is 0.117. The predicted octanol–water partition coefficient (Wildman–Crippen LogP) is 2.18. The van der Waals surface area contributed by atoms with E-state index in [1.165, 1.54) is 0 Å². The molecule has 2 heterocycles. The second-order valence-electron chi connectivity index (χ2n) is 5.52. The summed E-state index contributed by atoms with van der Waals surface area (Å²) < 4.78 is 2.11. The number of nitrogens with zero attached hydrogens (tertiary/aromatic N) is 2. The average Bonchev–Trinajstić information content (AvgIpc) is 2.87. The van der Waals surface area contributed by atoms with Crippen molar-refractivity contribution in [1.29, 1.82) is 0 Å². The molecule has 1 N–H and O–H groups in total. The molecular formula is C15H25N3O. The van der Waals surface area contributed by atoms with Gasteiger partial charge in [0.1, 0.15) is 11.6 Å². The van der Waals surface area contributed by atoms with Crippen LogP contribution in [0.5, 0.6) is 0 Å². The molecule has 1 saturated heterocycles. The van der Waals surface area contributed by atoms with E-state index in [0.717, 1.165) is 51.1 Å². The lowest BCUT2D eigenvalue weighted by molar-refractivity contribution is -0.130. The number of hydrogen-bond acceptors (Lipinski definition) is 3. The summed E-state index contributed by atoms with van der Waals surface area (Å²) in [6.45, 7) is 7.16. The lowest BCUT2D eigenvalue weighted by Crippen LogP contribution is -2.42. The molecule has 1 fully saturated rings. The Morgan fingerprint density at radius 3 is 2.79 bits per heavy atom. The molecule has 4 heteroatoms. The molecule has 1 aromatic rings. The van der Waals surface area contributed by atoms with Gasteiger partial charge in [0.05, 0.1) is 6.42 Å². The maximum absolute atomic E-state index is 12.7. The minimum atomic E-state index is -0.117. The summed E-state index contributed by atoms with van der Waals surface area (Å²) in [7, 11) is 0. The Kier molecular flexibility index (Phi) is 4.75. The highest BCUT2D eigenvalue weighted by atomic mass is 16.1. The van der Waals surface area contributed by atoms with Crippen molar-refractivity contribution in [1.82, 2.24) is 14.9 Å². The van der Waals surface area contributed by atoms with Gasteiger partial charge in [0.2, 0.25) is 0 Å². The smallest absolute Gasteiger partial charge is 0.146 e. The first-order chi connectivity index (χ1) is 9.22. The van der Waals surface area contributed by atoms with E-state index in [9.17, 15) is 4.79 Å². The Bertz CT molecular complexity index is 419. The van der Waals surface area contributed by atoms with E-state index in [0.29, 0.717) is 12.2 Å². The van der Waals surface area contributed by atoms with Crippen LogP contribution in [0.3, 0.4) is 0 Å². The normalized spacial score (nSPS) is 18.4. The second kappa shape index (κ2) is 6.33. The van der Waals surface area contributed by atoms with E-state index >= 15 is 0 Å². The largest absolute Gasteiger partial charge is 0.335 e. The van der Waals surface area contributed by atoms with Gasteiger partial charge in [-0.3, -0.25) is 4.79 Å². The number of carbonyl (C=O) groups is 1. The topological polar surface area (TPSA) is 46.9 Å². The molecular weight excluding hydrogens is 238 g/mol. The van der Waals surface area contributed by atoms with E-state index in [1.807, 2.05) is 6.20 Å². The Balaban J connectivity index is 2.08. The third-order valence-electron chi connectivity index (χ3n) is 4.41. The molecule has 19 heavy (non-hydrogen) atoms. The van der Waals surface area contributed by atoms with Gasteiger partial charge in [0.15, 0.2) is 0 Å². The van der Waals surface area contributed by atoms with Crippen LogP contribution >= 0.6 is 0 Å². The van der Waals surface area contributed by atoms with E-state index in [1.54, 1.807) is 6.20 Å². The fraction of sp³-hybridized carbons (Fsp3) is 0.733. The van der Waals surface area contributed by atoms with Gasteiger partial charge in [-0.25, -0.2) is 4.98 Å². The van der Waals surface area contributed by atoms with Crippen LogP contribution in [-0.2, 0) is 17.8 Å². The van der Waals surface area contributed by atoms with Gasteiger partial charge in [0, 0.05) is 24.4 Å². The summed E-state index contributed by atoms with van der Waals surface area (Å²) in [5.41, 5.74) is -0.117. The summed E-state index contributed by atoms with van der Waals surface area (Å²) in [6.07, 6.45) is 8.23. The van der Waals surface area contributed by atoms with Crippen LogP contribution in [0.1, 0.15) is 45.4 Å². The molecule has 0 aliphatic carbocycles. The molecule has 0 radical (unpaired) electrons. The van der Waals surface area contributed by atoms with Crippen molar-refractivity contribution in [3.8, 4) is 0 Å². The number of imidazole rings is 1. The number of nitrogens with one attached hydrogen (secondary N) is 1. The lowest BCUT2D eigenvalue weighted by Gasteiger charge is -2.35. The molecule has 1 aliphatic heterocycles. The first-order valence-electron chi connectivity index (χ1n) is 7.46. The van der Waals surface area contributed by atoms with E-state index in [2.05, 4.69) is 28.7 Å². The van der Waals surface area contributed by atoms with Gasteiger partial charge < -0.3 is 9.88 Å². The summed E-state index contributed by atoms with van der Waals surface area (Å²) in [4.78, 5) is 17.1. The van der Waals surface area contributed by atoms with Crippen molar-refractivity contribution in [2.45, 2.75) is 52.5 Å².